The van der Waals surface area contributed by atoms with Gasteiger partial charge in [0, 0.05) is 31.8 Å². The van der Waals surface area contributed by atoms with Gasteiger partial charge in [-0.1, -0.05) is 0 Å². The predicted octanol–water partition coefficient (Wildman–Crippen LogP) is 0.837. The van der Waals surface area contributed by atoms with Crippen molar-refractivity contribution in [2.45, 2.75) is 12.5 Å². The number of nitrogens with zero attached hydrogens (tertiary/aromatic N) is 3. The monoisotopic (exact) mass is 275 g/mol. The number of furan rings is 1. The summed E-state index contributed by atoms with van der Waals surface area (Å²) in [6.45, 7) is 0.298. The van der Waals surface area contributed by atoms with Crippen molar-refractivity contribution in [2.75, 3.05) is 6.54 Å². The summed E-state index contributed by atoms with van der Waals surface area (Å²) in [7, 11) is 1.70. The standard InChI is InChI=1S/C13H13N3O4/c1-15-5-2-9(14-15)12(17)16-6-3-10-8(4-7-20-10)11(16)13(18)19/h2,4-5,7,11H,3,6H2,1H3,(H,18,19). The molecule has 0 saturated heterocycles. The van der Waals surface area contributed by atoms with Crippen molar-refractivity contribution in [1.82, 2.24) is 14.7 Å². The number of carboxylic acids is 1. The van der Waals surface area contributed by atoms with Crippen molar-refractivity contribution >= 4 is 11.9 Å². The highest BCUT2D eigenvalue weighted by Crippen LogP contribution is 2.31. The quantitative estimate of drug-likeness (QED) is 0.877. The first-order valence-corrected chi connectivity index (χ1v) is 6.17. The van der Waals surface area contributed by atoms with E-state index in [4.69, 9.17) is 4.42 Å². The molecule has 0 fully saturated rings. The van der Waals surface area contributed by atoms with E-state index in [0.29, 0.717) is 24.3 Å². The molecule has 1 atom stereocenters. The lowest BCUT2D eigenvalue weighted by Gasteiger charge is -2.31. The molecule has 2 aromatic rings. The van der Waals surface area contributed by atoms with Crippen molar-refractivity contribution in [3.63, 3.8) is 0 Å². The third-order valence-electron chi connectivity index (χ3n) is 3.39. The molecule has 3 heterocycles. The van der Waals surface area contributed by atoms with Gasteiger partial charge in [0.1, 0.15) is 11.5 Å². The molecule has 0 bridgehead atoms. The molecule has 1 aliphatic heterocycles. The second-order valence-corrected chi connectivity index (χ2v) is 4.66. The van der Waals surface area contributed by atoms with Crippen LogP contribution in [0.15, 0.2) is 29.0 Å². The Labute approximate surface area is 114 Å². The van der Waals surface area contributed by atoms with Gasteiger partial charge in [0.15, 0.2) is 6.04 Å². The summed E-state index contributed by atoms with van der Waals surface area (Å²) < 4.78 is 6.76. The molecule has 1 amide bonds. The SMILES string of the molecule is Cn1ccc(C(=O)N2CCc3occc3C2C(=O)O)n1. The van der Waals surface area contributed by atoms with Crippen LogP contribution in [0.4, 0.5) is 0 Å². The molecule has 0 aliphatic carbocycles. The summed E-state index contributed by atoms with van der Waals surface area (Å²) >= 11 is 0. The minimum atomic E-state index is -1.07. The third-order valence-corrected chi connectivity index (χ3v) is 3.39. The molecule has 0 saturated carbocycles. The van der Waals surface area contributed by atoms with Gasteiger partial charge in [-0.25, -0.2) is 4.79 Å². The van der Waals surface area contributed by atoms with Crippen molar-refractivity contribution in [1.29, 1.82) is 0 Å². The van der Waals surface area contributed by atoms with Crippen LogP contribution in [0.25, 0.3) is 0 Å². The van der Waals surface area contributed by atoms with Gasteiger partial charge in [0.25, 0.3) is 5.91 Å². The maximum atomic E-state index is 12.4. The van der Waals surface area contributed by atoms with Gasteiger partial charge in [0.2, 0.25) is 0 Å². The number of carbonyl (C=O) groups excluding carboxylic acids is 1. The van der Waals surface area contributed by atoms with Crippen molar-refractivity contribution in [3.8, 4) is 0 Å². The maximum absolute atomic E-state index is 12.4. The Morgan fingerprint density at radius 3 is 2.90 bits per heavy atom. The van der Waals surface area contributed by atoms with Gasteiger partial charge in [-0.05, 0) is 12.1 Å². The molecule has 1 aliphatic rings. The summed E-state index contributed by atoms with van der Waals surface area (Å²) in [6.07, 6.45) is 3.61. The van der Waals surface area contributed by atoms with Crippen LogP contribution in [-0.2, 0) is 18.3 Å². The van der Waals surface area contributed by atoms with Gasteiger partial charge in [-0.2, -0.15) is 5.10 Å². The molecule has 104 valence electrons. The zero-order valence-corrected chi connectivity index (χ0v) is 10.8. The summed E-state index contributed by atoms with van der Waals surface area (Å²) in [5.41, 5.74) is 0.777. The number of carboxylic acid groups (broad SMARTS) is 1. The van der Waals surface area contributed by atoms with Crippen LogP contribution in [0.3, 0.4) is 0 Å². The van der Waals surface area contributed by atoms with E-state index in [2.05, 4.69) is 5.10 Å². The van der Waals surface area contributed by atoms with Crippen LogP contribution in [0.5, 0.6) is 0 Å². The van der Waals surface area contributed by atoms with Gasteiger partial charge in [0.05, 0.1) is 6.26 Å². The van der Waals surface area contributed by atoms with Gasteiger partial charge >= 0.3 is 5.97 Å². The molecule has 0 spiro atoms. The Morgan fingerprint density at radius 1 is 1.45 bits per heavy atom. The van der Waals surface area contributed by atoms with Crippen LogP contribution >= 0.6 is 0 Å². The summed E-state index contributed by atoms with van der Waals surface area (Å²) in [5.74, 6) is -0.830. The highest BCUT2D eigenvalue weighted by molar-refractivity contribution is 5.95. The Hall–Kier alpha value is -2.57. The van der Waals surface area contributed by atoms with E-state index in [9.17, 15) is 14.7 Å². The fourth-order valence-electron chi connectivity index (χ4n) is 2.48. The van der Waals surface area contributed by atoms with Crippen LogP contribution in [0.2, 0.25) is 0 Å². The zero-order chi connectivity index (χ0) is 14.3. The van der Waals surface area contributed by atoms with Crippen LogP contribution in [0, 0.1) is 0 Å². The highest BCUT2D eigenvalue weighted by Gasteiger charge is 2.38. The van der Waals surface area contributed by atoms with Crippen molar-refractivity contribution in [3.05, 3.63) is 41.6 Å². The van der Waals surface area contributed by atoms with Crippen LogP contribution in [-0.4, -0.2) is 38.2 Å². The first-order chi connectivity index (χ1) is 9.58. The predicted molar refractivity (Wildman–Crippen MR) is 67.0 cm³/mol. The number of rotatable bonds is 2. The highest BCUT2D eigenvalue weighted by atomic mass is 16.4. The second kappa shape index (κ2) is 4.52. The van der Waals surface area contributed by atoms with E-state index in [1.165, 1.54) is 15.8 Å². The Kier molecular flexibility index (Phi) is 2.81. The molecule has 2 aromatic heterocycles. The summed E-state index contributed by atoms with van der Waals surface area (Å²) in [4.78, 5) is 25.2. The van der Waals surface area contributed by atoms with E-state index < -0.39 is 12.0 Å². The van der Waals surface area contributed by atoms with Crippen molar-refractivity contribution in [2.24, 2.45) is 7.05 Å². The largest absolute Gasteiger partial charge is 0.479 e. The number of hydrogen-bond acceptors (Lipinski definition) is 4. The number of amides is 1. The summed E-state index contributed by atoms with van der Waals surface area (Å²) in [5, 5.41) is 13.4. The fraction of sp³-hybridized carbons (Fsp3) is 0.308. The molecule has 3 rings (SSSR count). The number of fused-ring (bicyclic) bond motifs is 1. The molecule has 7 heteroatoms. The smallest absolute Gasteiger partial charge is 0.331 e. The Bertz CT molecular complexity index is 673. The number of hydrogen-bond donors (Lipinski definition) is 1. The number of aryl methyl sites for hydroxylation is 1. The van der Waals surface area contributed by atoms with E-state index in [1.54, 1.807) is 25.4 Å². The third kappa shape index (κ3) is 1.87. The molecule has 0 aromatic carbocycles. The Balaban J connectivity index is 1.97. The molecular formula is C13H13N3O4. The van der Waals surface area contributed by atoms with E-state index in [1.807, 2.05) is 0 Å². The molecular weight excluding hydrogens is 262 g/mol. The first kappa shape index (κ1) is 12.5. The minimum Gasteiger partial charge on any atom is -0.479 e. The molecule has 20 heavy (non-hydrogen) atoms. The minimum absolute atomic E-state index is 0.241. The van der Waals surface area contributed by atoms with E-state index >= 15 is 0 Å². The Morgan fingerprint density at radius 2 is 2.25 bits per heavy atom. The van der Waals surface area contributed by atoms with Gasteiger partial charge in [-0.15, -0.1) is 0 Å². The average Bonchev–Trinajstić information content (AvgIpc) is 3.04. The van der Waals surface area contributed by atoms with Gasteiger partial charge < -0.3 is 14.4 Å². The lowest BCUT2D eigenvalue weighted by atomic mass is 9.99. The normalized spacial score (nSPS) is 17.9. The molecule has 0 radical (unpaired) electrons. The van der Waals surface area contributed by atoms with Crippen molar-refractivity contribution < 1.29 is 19.1 Å². The van der Waals surface area contributed by atoms with Crippen LogP contribution < -0.4 is 0 Å². The number of carbonyl (C=O) groups is 2. The van der Waals surface area contributed by atoms with E-state index in [-0.39, 0.29) is 11.6 Å². The summed E-state index contributed by atoms with van der Waals surface area (Å²) in [6, 6.07) is 2.16. The molecule has 7 nitrogen and oxygen atoms in total. The lowest BCUT2D eigenvalue weighted by molar-refractivity contribution is -0.143. The van der Waals surface area contributed by atoms with Crippen LogP contribution in [0.1, 0.15) is 27.9 Å². The lowest BCUT2D eigenvalue weighted by Crippen LogP contribution is -2.43. The number of aromatic nitrogens is 2. The van der Waals surface area contributed by atoms with E-state index in [0.717, 1.165) is 0 Å². The molecule has 1 N–H and O–H groups in total. The van der Waals surface area contributed by atoms with Gasteiger partial charge in [-0.3, -0.25) is 9.48 Å². The topological polar surface area (TPSA) is 88.6 Å². The average molecular weight is 275 g/mol. The zero-order valence-electron chi connectivity index (χ0n) is 10.8. The molecule has 1 unspecified atom stereocenters. The fourth-order valence-corrected chi connectivity index (χ4v) is 2.48. The maximum Gasteiger partial charge on any atom is 0.331 e. The number of aliphatic carboxylic acids is 1. The second-order valence-electron chi connectivity index (χ2n) is 4.66. The first-order valence-electron chi connectivity index (χ1n) is 6.17.